The van der Waals surface area contributed by atoms with Crippen molar-refractivity contribution in [3.63, 3.8) is 0 Å². The summed E-state index contributed by atoms with van der Waals surface area (Å²) < 4.78 is 51.8. The Morgan fingerprint density at radius 3 is 2.46 bits per heavy atom. The molecule has 0 unspecified atom stereocenters. The predicted molar refractivity (Wildman–Crippen MR) is 41.0 cm³/mol. The molecule has 0 heterocycles. The van der Waals surface area contributed by atoms with Crippen molar-refractivity contribution >= 4 is 6.98 Å². The summed E-state index contributed by atoms with van der Waals surface area (Å²) in [6.45, 7) is -6.33. The van der Waals surface area contributed by atoms with Crippen LogP contribution in [0.15, 0.2) is 24.3 Å². The van der Waals surface area contributed by atoms with Crippen LogP contribution in [0.5, 0.6) is 5.75 Å². The van der Waals surface area contributed by atoms with Gasteiger partial charge in [-0.25, -0.2) is 4.39 Å². The molecule has 0 N–H and O–H groups in total. The molecule has 1 aromatic rings. The van der Waals surface area contributed by atoms with Crippen molar-refractivity contribution in [2.45, 2.75) is 0 Å². The standard InChI is InChI=1S/C7H6BF4O/c9-6-2-1-3-7(4-6)13-5-8(10,11)12/h1-4H,5H2/q-1. The second-order valence-corrected chi connectivity index (χ2v) is 2.48. The van der Waals surface area contributed by atoms with E-state index in [1.165, 1.54) is 12.1 Å². The van der Waals surface area contributed by atoms with Crippen molar-refractivity contribution in [2.24, 2.45) is 0 Å². The van der Waals surface area contributed by atoms with Gasteiger partial charge in [0.05, 0.1) is 6.51 Å². The number of halogens is 4. The Bertz CT molecular complexity index is 286. The SMILES string of the molecule is Fc1cccc(OC[B-](F)(F)F)c1. The molecule has 0 radical (unpaired) electrons. The highest BCUT2D eigenvalue weighted by Gasteiger charge is 2.24. The topological polar surface area (TPSA) is 9.23 Å². The minimum absolute atomic E-state index is 0.112. The van der Waals surface area contributed by atoms with Crippen molar-refractivity contribution in [1.82, 2.24) is 0 Å². The van der Waals surface area contributed by atoms with Crippen molar-refractivity contribution in [1.29, 1.82) is 0 Å². The highest BCUT2D eigenvalue weighted by molar-refractivity contribution is 6.58. The molecule has 0 aliphatic heterocycles. The Hall–Kier alpha value is -1.20. The maximum Gasteiger partial charge on any atom is 0.515 e. The summed E-state index contributed by atoms with van der Waals surface area (Å²) in [6.07, 6.45) is 0. The molecule has 0 atom stereocenters. The van der Waals surface area contributed by atoms with E-state index in [2.05, 4.69) is 4.74 Å². The lowest BCUT2D eigenvalue weighted by Crippen LogP contribution is -2.26. The summed E-state index contributed by atoms with van der Waals surface area (Å²) >= 11 is 0. The third kappa shape index (κ3) is 3.82. The minimum Gasteiger partial charge on any atom is -0.522 e. The van der Waals surface area contributed by atoms with Gasteiger partial charge in [-0.3, -0.25) is 0 Å². The smallest absolute Gasteiger partial charge is 0.515 e. The molecule has 1 aromatic carbocycles. The molecule has 0 saturated heterocycles. The molecule has 0 amide bonds. The maximum atomic E-state index is 12.4. The average Bonchev–Trinajstić information content (AvgIpc) is 2.00. The molecule has 0 aromatic heterocycles. The quantitative estimate of drug-likeness (QED) is 0.529. The van der Waals surface area contributed by atoms with Gasteiger partial charge in [0, 0.05) is 6.07 Å². The third-order valence-corrected chi connectivity index (χ3v) is 1.24. The zero-order valence-electron chi connectivity index (χ0n) is 6.51. The lowest BCUT2D eigenvalue weighted by molar-refractivity contribution is 0.312. The van der Waals surface area contributed by atoms with Crippen molar-refractivity contribution < 1.29 is 22.1 Å². The molecule has 0 fully saturated rings. The molecule has 72 valence electrons. The van der Waals surface area contributed by atoms with Gasteiger partial charge < -0.3 is 17.7 Å². The van der Waals surface area contributed by atoms with Gasteiger partial charge in [0.1, 0.15) is 11.6 Å². The van der Waals surface area contributed by atoms with Crippen LogP contribution in [0.25, 0.3) is 0 Å². The van der Waals surface area contributed by atoms with Crippen LogP contribution in [0.1, 0.15) is 0 Å². The Labute approximate surface area is 72.4 Å². The van der Waals surface area contributed by atoms with Gasteiger partial charge in [0.25, 0.3) is 0 Å². The fourth-order valence-corrected chi connectivity index (χ4v) is 0.747. The second-order valence-electron chi connectivity index (χ2n) is 2.48. The summed E-state index contributed by atoms with van der Waals surface area (Å²) in [6, 6.07) is 4.59. The number of ether oxygens (including phenoxy) is 1. The highest BCUT2D eigenvalue weighted by Crippen LogP contribution is 2.15. The van der Waals surface area contributed by atoms with E-state index in [0.717, 1.165) is 12.1 Å². The van der Waals surface area contributed by atoms with Gasteiger partial charge in [-0.2, -0.15) is 0 Å². The van der Waals surface area contributed by atoms with Crippen molar-refractivity contribution in [3.05, 3.63) is 30.1 Å². The number of hydrogen-bond donors (Lipinski definition) is 0. The van der Waals surface area contributed by atoms with E-state index in [4.69, 9.17) is 0 Å². The molecule has 13 heavy (non-hydrogen) atoms. The Morgan fingerprint density at radius 1 is 1.23 bits per heavy atom. The molecule has 0 aliphatic carbocycles. The summed E-state index contributed by atoms with van der Waals surface area (Å²) in [4.78, 5) is 0. The van der Waals surface area contributed by atoms with Crippen LogP contribution < -0.4 is 4.74 Å². The van der Waals surface area contributed by atoms with Crippen LogP contribution in [0.4, 0.5) is 17.3 Å². The molecule has 1 rings (SSSR count). The van der Waals surface area contributed by atoms with E-state index in [9.17, 15) is 17.3 Å². The van der Waals surface area contributed by atoms with E-state index in [-0.39, 0.29) is 5.75 Å². The van der Waals surface area contributed by atoms with Crippen molar-refractivity contribution in [3.8, 4) is 5.75 Å². The first-order valence-electron chi connectivity index (χ1n) is 3.57. The molecule has 0 bridgehead atoms. The summed E-state index contributed by atoms with van der Waals surface area (Å²) in [7, 11) is 0. The molecule has 0 spiro atoms. The zero-order valence-corrected chi connectivity index (χ0v) is 6.51. The largest absolute Gasteiger partial charge is 0.522 e. The van der Waals surface area contributed by atoms with Gasteiger partial charge in [0.2, 0.25) is 0 Å². The second kappa shape index (κ2) is 3.68. The summed E-state index contributed by atoms with van der Waals surface area (Å²) in [5.74, 6) is -0.730. The van der Waals surface area contributed by atoms with Gasteiger partial charge >= 0.3 is 6.98 Å². The van der Waals surface area contributed by atoms with E-state index >= 15 is 0 Å². The molecule has 0 saturated carbocycles. The van der Waals surface area contributed by atoms with E-state index < -0.39 is 19.3 Å². The van der Waals surface area contributed by atoms with Crippen LogP contribution in [0.2, 0.25) is 0 Å². The van der Waals surface area contributed by atoms with Crippen LogP contribution >= 0.6 is 0 Å². The Morgan fingerprint density at radius 2 is 1.92 bits per heavy atom. The fraction of sp³-hybridized carbons (Fsp3) is 0.143. The van der Waals surface area contributed by atoms with Crippen LogP contribution in [-0.4, -0.2) is 13.5 Å². The van der Waals surface area contributed by atoms with Gasteiger partial charge in [0.15, 0.2) is 0 Å². The Balaban J connectivity index is 2.55. The van der Waals surface area contributed by atoms with Gasteiger partial charge in [-0.05, 0) is 12.1 Å². The molecule has 6 heteroatoms. The molecular formula is C7H6BF4O-. The normalized spacial score (nSPS) is 11.4. The predicted octanol–water partition coefficient (Wildman–Crippen LogP) is 2.59. The average molecular weight is 193 g/mol. The first-order chi connectivity index (χ1) is 5.97. The molecular weight excluding hydrogens is 187 g/mol. The van der Waals surface area contributed by atoms with Crippen LogP contribution in [0.3, 0.4) is 0 Å². The Kier molecular flexibility index (Phi) is 2.80. The zero-order chi connectivity index (χ0) is 9.90. The lowest BCUT2D eigenvalue weighted by Gasteiger charge is -2.14. The first kappa shape index (κ1) is 9.89. The van der Waals surface area contributed by atoms with Crippen molar-refractivity contribution in [2.75, 3.05) is 6.51 Å². The van der Waals surface area contributed by atoms with Crippen LogP contribution in [-0.2, 0) is 0 Å². The monoisotopic (exact) mass is 193 g/mol. The van der Waals surface area contributed by atoms with Gasteiger partial charge in [-0.1, -0.05) is 6.07 Å². The number of rotatable bonds is 3. The van der Waals surface area contributed by atoms with E-state index in [0.29, 0.717) is 0 Å². The number of benzene rings is 1. The van der Waals surface area contributed by atoms with Gasteiger partial charge in [-0.15, -0.1) is 0 Å². The van der Waals surface area contributed by atoms with Crippen LogP contribution in [0, 0.1) is 5.82 Å². The summed E-state index contributed by atoms with van der Waals surface area (Å²) in [5, 5.41) is 0. The minimum atomic E-state index is -4.98. The highest BCUT2D eigenvalue weighted by atomic mass is 19.4. The van der Waals surface area contributed by atoms with E-state index in [1.807, 2.05) is 0 Å². The third-order valence-electron chi connectivity index (χ3n) is 1.24. The maximum absolute atomic E-state index is 12.4. The summed E-state index contributed by atoms with van der Waals surface area (Å²) in [5.41, 5.74) is 0. The molecule has 1 nitrogen and oxygen atoms in total. The lowest BCUT2D eigenvalue weighted by atomic mass is 9.95. The first-order valence-corrected chi connectivity index (χ1v) is 3.57. The fourth-order valence-electron chi connectivity index (χ4n) is 0.747. The molecule has 0 aliphatic rings. The van der Waals surface area contributed by atoms with E-state index in [1.54, 1.807) is 0 Å². The number of hydrogen-bond acceptors (Lipinski definition) is 1.